The van der Waals surface area contributed by atoms with Gasteiger partial charge in [-0.05, 0) is 24.8 Å². The number of rotatable bonds is 3. The largest absolute Gasteiger partial charge is 0.395 e. The Morgan fingerprint density at radius 1 is 1.44 bits per heavy atom. The van der Waals surface area contributed by atoms with Gasteiger partial charge in [-0.2, -0.15) is 5.10 Å². The van der Waals surface area contributed by atoms with Crippen molar-refractivity contribution in [3.05, 3.63) is 17.5 Å². The molecule has 2 heterocycles. The number of aliphatic hydroxyl groups is 1. The monoisotopic (exact) mass is 218 g/mol. The van der Waals surface area contributed by atoms with Gasteiger partial charge in [-0.25, -0.2) is 4.98 Å². The number of nitrogens with one attached hydrogen (secondary N) is 2. The van der Waals surface area contributed by atoms with Gasteiger partial charge in [0, 0.05) is 12.2 Å². The van der Waals surface area contributed by atoms with Crippen LogP contribution in [-0.2, 0) is 12.8 Å². The van der Waals surface area contributed by atoms with Crippen molar-refractivity contribution in [2.45, 2.75) is 19.3 Å². The number of aryl methyl sites for hydroxylation is 1. The SMILES string of the molecule is OCCNc1c2c(nc3cn[nH]c13)CCC2. The molecular weight excluding hydrogens is 204 g/mol. The van der Waals surface area contributed by atoms with Gasteiger partial charge in [0.15, 0.2) is 0 Å². The van der Waals surface area contributed by atoms with Gasteiger partial charge < -0.3 is 10.4 Å². The fourth-order valence-electron chi connectivity index (χ4n) is 2.34. The van der Waals surface area contributed by atoms with Gasteiger partial charge in [0.2, 0.25) is 0 Å². The van der Waals surface area contributed by atoms with Gasteiger partial charge in [0.25, 0.3) is 0 Å². The summed E-state index contributed by atoms with van der Waals surface area (Å²) >= 11 is 0. The lowest BCUT2D eigenvalue weighted by molar-refractivity contribution is 0.311. The molecule has 84 valence electrons. The number of aromatic nitrogens is 3. The molecular formula is C11H14N4O. The average Bonchev–Trinajstić information content (AvgIpc) is 2.91. The Morgan fingerprint density at radius 2 is 2.38 bits per heavy atom. The zero-order chi connectivity index (χ0) is 11.0. The molecule has 1 aliphatic rings. The molecule has 0 aliphatic heterocycles. The Bertz CT molecular complexity index is 520. The smallest absolute Gasteiger partial charge is 0.110 e. The van der Waals surface area contributed by atoms with E-state index in [0.29, 0.717) is 6.54 Å². The molecule has 0 atom stereocenters. The van der Waals surface area contributed by atoms with Crippen LogP contribution in [0.15, 0.2) is 6.20 Å². The maximum atomic E-state index is 8.89. The molecule has 0 bridgehead atoms. The van der Waals surface area contributed by atoms with E-state index in [0.717, 1.165) is 36.0 Å². The van der Waals surface area contributed by atoms with Crippen LogP contribution in [0.1, 0.15) is 17.7 Å². The number of hydrogen-bond donors (Lipinski definition) is 3. The zero-order valence-electron chi connectivity index (χ0n) is 8.95. The minimum absolute atomic E-state index is 0.132. The standard InChI is InChI=1S/C11H14N4O/c16-5-4-12-10-7-2-1-3-8(7)14-9-6-13-15-11(9)10/h6,16H,1-5H2,(H,12,14)(H,13,15). The second kappa shape index (κ2) is 3.75. The van der Waals surface area contributed by atoms with Crippen molar-refractivity contribution in [2.75, 3.05) is 18.5 Å². The fourth-order valence-corrected chi connectivity index (χ4v) is 2.34. The van der Waals surface area contributed by atoms with Crippen molar-refractivity contribution >= 4 is 16.7 Å². The van der Waals surface area contributed by atoms with Gasteiger partial charge >= 0.3 is 0 Å². The molecule has 0 saturated heterocycles. The third-order valence-electron chi connectivity index (χ3n) is 3.03. The Kier molecular flexibility index (Phi) is 2.25. The molecule has 1 aliphatic carbocycles. The van der Waals surface area contributed by atoms with Gasteiger partial charge in [0.1, 0.15) is 11.0 Å². The van der Waals surface area contributed by atoms with E-state index in [1.807, 2.05) is 0 Å². The summed E-state index contributed by atoms with van der Waals surface area (Å²) in [5.41, 5.74) is 5.39. The number of nitrogens with zero attached hydrogens (tertiary/aromatic N) is 2. The molecule has 16 heavy (non-hydrogen) atoms. The van der Waals surface area contributed by atoms with E-state index in [1.54, 1.807) is 6.20 Å². The molecule has 0 amide bonds. The highest BCUT2D eigenvalue weighted by atomic mass is 16.3. The lowest BCUT2D eigenvalue weighted by atomic mass is 10.1. The first kappa shape index (κ1) is 9.59. The number of anilines is 1. The van der Waals surface area contributed by atoms with Gasteiger partial charge in [-0.15, -0.1) is 0 Å². The molecule has 0 spiro atoms. The number of aliphatic hydroxyl groups excluding tert-OH is 1. The fraction of sp³-hybridized carbons (Fsp3) is 0.455. The predicted octanol–water partition coefficient (Wildman–Crippen LogP) is 0.851. The Balaban J connectivity index is 2.16. The Labute approximate surface area is 92.9 Å². The van der Waals surface area contributed by atoms with Crippen molar-refractivity contribution in [1.29, 1.82) is 0 Å². The van der Waals surface area contributed by atoms with E-state index in [1.165, 1.54) is 11.3 Å². The third kappa shape index (κ3) is 1.36. The van der Waals surface area contributed by atoms with Crippen molar-refractivity contribution < 1.29 is 5.11 Å². The summed E-state index contributed by atoms with van der Waals surface area (Å²) < 4.78 is 0. The molecule has 0 aromatic carbocycles. The molecule has 0 fully saturated rings. The van der Waals surface area contributed by atoms with E-state index < -0.39 is 0 Å². The molecule has 2 aromatic rings. The summed E-state index contributed by atoms with van der Waals surface area (Å²) in [5.74, 6) is 0. The summed E-state index contributed by atoms with van der Waals surface area (Å²) in [6.45, 7) is 0.692. The van der Waals surface area contributed by atoms with Crippen LogP contribution in [0.5, 0.6) is 0 Å². The van der Waals surface area contributed by atoms with Gasteiger partial charge in [-0.3, -0.25) is 5.10 Å². The van der Waals surface area contributed by atoms with Crippen LogP contribution in [0.3, 0.4) is 0 Å². The number of fused-ring (bicyclic) bond motifs is 2. The van der Waals surface area contributed by atoms with Crippen LogP contribution >= 0.6 is 0 Å². The molecule has 0 saturated carbocycles. The van der Waals surface area contributed by atoms with Gasteiger partial charge in [-0.1, -0.05) is 0 Å². The van der Waals surface area contributed by atoms with Crippen LogP contribution in [0.4, 0.5) is 5.69 Å². The summed E-state index contributed by atoms with van der Waals surface area (Å²) in [4.78, 5) is 4.59. The normalized spacial score (nSPS) is 14.3. The van der Waals surface area contributed by atoms with Crippen molar-refractivity contribution in [2.24, 2.45) is 0 Å². The number of pyridine rings is 1. The van der Waals surface area contributed by atoms with Crippen LogP contribution in [-0.4, -0.2) is 33.4 Å². The average molecular weight is 218 g/mol. The molecule has 3 N–H and O–H groups in total. The minimum atomic E-state index is 0.132. The van der Waals surface area contributed by atoms with Crippen molar-refractivity contribution in [3.63, 3.8) is 0 Å². The second-order valence-corrected chi connectivity index (χ2v) is 4.05. The zero-order valence-corrected chi connectivity index (χ0v) is 8.95. The summed E-state index contributed by atoms with van der Waals surface area (Å²) in [6, 6.07) is 0. The van der Waals surface area contributed by atoms with E-state index in [9.17, 15) is 0 Å². The lowest BCUT2D eigenvalue weighted by Crippen LogP contribution is -2.08. The predicted molar refractivity (Wildman–Crippen MR) is 61.5 cm³/mol. The lowest BCUT2D eigenvalue weighted by Gasteiger charge is -2.10. The van der Waals surface area contributed by atoms with Gasteiger partial charge in [0.05, 0.1) is 18.5 Å². The maximum Gasteiger partial charge on any atom is 0.110 e. The first-order valence-corrected chi connectivity index (χ1v) is 5.59. The van der Waals surface area contributed by atoms with E-state index in [-0.39, 0.29) is 6.61 Å². The number of aromatic amines is 1. The first-order chi connectivity index (χ1) is 7.90. The maximum absolute atomic E-state index is 8.89. The first-order valence-electron chi connectivity index (χ1n) is 5.59. The Hall–Kier alpha value is -1.62. The van der Waals surface area contributed by atoms with E-state index in [2.05, 4.69) is 20.5 Å². The van der Waals surface area contributed by atoms with Crippen LogP contribution in [0.2, 0.25) is 0 Å². The highest BCUT2D eigenvalue weighted by molar-refractivity contribution is 5.89. The van der Waals surface area contributed by atoms with Crippen LogP contribution in [0, 0.1) is 0 Å². The molecule has 5 nitrogen and oxygen atoms in total. The third-order valence-corrected chi connectivity index (χ3v) is 3.03. The number of H-pyrrole nitrogens is 1. The van der Waals surface area contributed by atoms with E-state index >= 15 is 0 Å². The van der Waals surface area contributed by atoms with Crippen molar-refractivity contribution in [3.8, 4) is 0 Å². The summed E-state index contributed by atoms with van der Waals surface area (Å²) in [6.07, 6.45) is 5.02. The van der Waals surface area contributed by atoms with Crippen LogP contribution < -0.4 is 5.32 Å². The topological polar surface area (TPSA) is 73.8 Å². The summed E-state index contributed by atoms with van der Waals surface area (Å²) in [7, 11) is 0. The molecule has 5 heteroatoms. The molecule has 0 unspecified atom stereocenters. The molecule has 0 radical (unpaired) electrons. The number of hydrogen-bond acceptors (Lipinski definition) is 4. The van der Waals surface area contributed by atoms with E-state index in [4.69, 9.17) is 5.11 Å². The van der Waals surface area contributed by atoms with Crippen molar-refractivity contribution in [1.82, 2.24) is 15.2 Å². The minimum Gasteiger partial charge on any atom is -0.395 e. The Morgan fingerprint density at radius 3 is 3.25 bits per heavy atom. The van der Waals surface area contributed by atoms with Crippen LogP contribution in [0.25, 0.3) is 11.0 Å². The molecule has 2 aromatic heterocycles. The second-order valence-electron chi connectivity index (χ2n) is 4.05. The highest BCUT2D eigenvalue weighted by Gasteiger charge is 2.20. The summed E-state index contributed by atoms with van der Waals surface area (Å²) in [5, 5.41) is 19.1. The highest BCUT2D eigenvalue weighted by Crippen LogP contribution is 2.32. The molecule has 3 rings (SSSR count). The quantitative estimate of drug-likeness (QED) is 0.714.